The maximum Gasteiger partial charge on any atom is 0.433 e. The number of hydrogen-bond donors (Lipinski definition) is 2. The quantitative estimate of drug-likeness (QED) is 0.778. The molecule has 0 aliphatic heterocycles. The zero-order chi connectivity index (χ0) is 18.8. The highest BCUT2D eigenvalue weighted by atomic mass is 35.5. The zero-order valence-corrected chi connectivity index (χ0v) is 13.9. The minimum absolute atomic E-state index is 0.0838. The van der Waals surface area contributed by atoms with Crippen LogP contribution in [0.1, 0.15) is 21.6 Å². The number of alkyl halides is 3. The van der Waals surface area contributed by atoms with E-state index in [4.69, 9.17) is 16.7 Å². The van der Waals surface area contributed by atoms with E-state index in [0.717, 1.165) is 6.07 Å². The van der Waals surface area contributed by atoms with Gasteiger partial charge in [-0.05, 0) is 29.8 Å². The summed E-state index contributed by atoms with van der Waals surface area (Å²) in [5.41, 5.74) is -1.02. The Balaban J connectivity index is 2.13. The highest BCUT2D eigenvalue weighted by molar-refractivity contribution is 7.89. The molecule has 2 rings (SSSR count). The van der Waals surface area contributed by atoms with E-state index in [1.54, 1.807) is 6.07 Å². The first kappa shape index (κ1) is 19.2. The van der Waals surface area contributed by atoms with Gasteiger partial charge in [-0.25, -0.2) is 18.5 Å². The molecule has 1 aromatic heterocycles. The number of hydrogen-bond acceptors (Lipinski definition) is 4. The van der Waals surface area contributed by atoms with Crippen LogP contribution in [0.5, 0.6) is 0 Å². The fraction of sp³-hybridized carbons (Fsp3) is 0.143. The number of halogens is 4. The molecule has 0 saturated heterocycles. The number of rotatable bonds is 4. The zero-order valence-electron chi connectivity index (χ0n) is 12.3. The van der Waals surface area contributed by atoms with E-state index in [0.29, 0.717) is 11.6 Å². The summed E-state index contributed by atoms with van der Waals surface area (Å²) in [5.74, 6) is -0.757. The third kappa shape index (κ3) is 4.91. The van der Waals surface area contributed by atoms with Gasteiger partial charge in [-0.1, -0.05) is 23.7 Å². The molecule has 0 aliphatic carbocycles. The van der Waals surface area contributed by atoms with Crippen LogP contribution in [0.3, 0.4) is 0 Å². The Hall–Kier alpha value is -2.17. The normalized spacial score (nSPS) is 12.0. The Morgan fingerprint density at radius 1 is 1.24 bits per heavy atom. The lowest BCUT2D eigenvalue weighted by Crippen LogP contribution is -2.24. The van der Waals surface area contributed by atoms with E-state index in [-0.39, 0.29) is 17.0 Å². The second-order valence-corrected chi connectivity index (χ2v) is 6.83. The molecule has 0 fully saturated rings. The number of carbonyl (C=O) groups is 1. The lowest BCUT2D eigenvalue weighted by atomic mass is 10.2. The van der Waals surface area contributed by atoms with Crippen LogP contribution in [0.15, 0.2) is 41.3 Å². The van der Waals surface area contributed by atoms with Crippen molar-refractivity contribution in [2.24, 2.45) is 5.14 Å². The summed E-state index contributed by atoms with van der Waals surface area (Å²) in [6.07, 6.45) is -4.67. The number of primary sulfonamides is 1. The molecule has 0 radical (unpaired) electrons. The van der Waals surface area contributed by atoms with Crippen LogP contribution in [-0.2, 0) is 22.7 Å². The first-order chi connectivity index (χ1) is 11.5. The number of nitrogens with two attached hydrogens (primary N) is 1. The number of nitrogens with zero attached hydrogens (tertiary/aromatic N) is 1. The Labute approximate surface area is 145 Å². The van der Waals surface area contributed by atoms with Crippen LogP contribution >= 0.6 is 11.6 Å². The van der Waals surface area contributed by atoms with Crippen molar-refractivity contribution in [2.45, 2.75) is 17.6 Å². The molecule has 2 aromatic rings. The standard InChI is InChI=1S/C14H11ClF3N3O3S/c15-12-10(4-5-11(21-12)14(16,17)18)13(22)20-7-8-2-1-3-9(6-8)25(19,23)24/h1-6H,7H2,(H,20,22)(H2,19,23,24). The van der Waals surface area contributed by atoms with Crippen molar-refractivity contribution in [3.8, 4) is 0 Å². The number of amides is 1. The first-order valence-electron chi connectivity index (χ1n) is 6.62. The molecule has 0 unspecified atom stereocenters. The van der Waals surface area contributed by atoms with Gasteiger partial charge < -0.3 is 5.32 Å². The molecule has 1 heterocycles. The predicted octanol–water partition coefficient (Wildman–Crippen LogP) is 2.33. The summed E-state index contributed by atoms with van der Waals surface area (Å²) in [5, 5.41) is 6.83. The van der Waals surface area contributed by atoms with Gasteiger partial charge in [0.05, 0.1) is 10.5 Å². The summed E-state index contributed by atoms with van der Waals surface area (Å²) in [4.78, 5) is 15.0. The van der Waals surface area contributed by atoms with Crippen LogP contribution in [0.25, 0.3) is 0 Å². The number of sulfonamides is 1. The van der Waals surface area contributed by atoms with Gasteiger partial charge in [0.15, 0.2) is 0 Å². The third-order valence-electron chi connectivity index (χ3n) is 3.06. The minimum atomic E-state index is -4.67. The topological polar surface area (TPSA) is 102 Å². The molecule has 6 nitrogen and oxygen atoms in total. The Kier molecular flexibility index (Phi) is 5.35. The molecule has 0 spiro atoms. The lowest BCUT2D eigenvalue weighted by molar-refractivity contribution is -0.141. The molecule has 0 saturated carbocycles. The number of carbonyl (C=O) groups excluding carboxylic acids is 1. The second-order valence-electron chi connectivity index (χ2n) is 4.91. The summed E-state index contributed by atoms with van der Waals surface area (Å²) >= 11 is 5.63. The van der Waals surface area contributed by atoms with E-state index in [2.05, 4.69) is 10.3 Å². The van der Waals surface area contributed by atoms with Gasteiger partial charge in [-0.15, -0.1) is 0 Å². The number of aromatic nitrogens is 1. The van der Waals surface area contributed by atoms with Crippen molar-refractivity contribution in [1.29, 1.82) is 0 Å². The first-order valence-corrected chi connectivity index (χ1v) is 8.54. The maximum atomic E-state index is 12.5. The smallest absolute Gasteiger partial charge is 0.348 e. The molecule has 3 N–H and O–H groups in total. The summed E-state index contributed by atoms with van der Waals surface area (Å²) in [6, 6.07) is 7.09. The van der Waals surface area contributed by atoms with Gasteiger partial charge in [0.1, 0.15) is 10.8 Å². The summed E-state index contributed by atoms with van der Waals surface area (Å²) in [7, 11) is -3.89. The molecule has 0 aliphatic rings. The molecule has 0 atom stereocenters. The second kappa shape index (κ2) is 6.98. The molecule has 1 amide bonds. The predicted molar refractivity (Wildman–Crippen MR) is 83.2 cm³/mol. The number of benzene rings is 1. The van der Waals surface area contributed by atoms with E-state index in [1.165, 1.54) is 18.2 Å². The highest BCUT2D eigenvalue weighted by Crippen LogP contribution is 2.29. The average Bonchev–Trinajstić information content (AvgIpc) is 2.51. The van der Waals surface area contributed by atoms with Crippen molar-refractivity contribution >= 4 is 27.5 Å². The van der Waals surface area contributed by atoms with Crippen LogP contribution in [0.4, 0.5) is 13.2 Å². The van der Waals surface area contributed by atoms with Crippen molar-refractivity contribution in [1.82, 2.24) is 10.3 Å². The molecular formula is C14H11ClF3N3O3S. The average molecular weight is 394 g/mol. The van der Waals surface area contributed by atoms with Gasteiger partial charge in [0.25, 0.3) is 5.91 Å². The SMILES string of the molecule is NS(=O)(=O)c1cccc(CNC(=O)c2ccc(C(F)(F)F)nc2Cl)c1. The molecule has 0 bridgehead atoms. The fourth-order valence-electron chi connectivity index (χ4n) is 1.87. The molecule has 1 aromatic carbocycles. The third-order valence-corrected chi connectivity index (χ3v) is 4.26. The van der Waals surface area contributed by atoms with Gasteiger partial charge in [0.2, 0.25) is 10.0 Å². The van der Waals surface area contributed by atoms with Crippen molar-refractivity contribution in [2.75, 3.05) is 0 Å². The van der Waals surface area contributed by atoms with E-state index in [1.807, 2.05) is 0 Å². The van der Waals surface area contributed by atoms with Crippen molar-refractivity contribution in [3.05, 3.63) is 58.4 Å². The molecular weight excluding hydrogens is 383 g/mol. The fourth-order valence-corrected chi connectivity index (χ4v) is 2.70. The van der Waals surface area contributed by atoms with Gasteiger partial charge in [-0.2, -0.15) is 13.2 Å². The molecule has 134 valence electrons. The van der Waals surface area contributed by atoms with E-state index >= 15 is 0 Å². The van der Waals surface area contributed by atoms with Crippen LogP contribution in [-0.4, -0.2) is 19.3 Å². The lowest BCUT2D eigenvalue weighted by Gasteiger charge is -2.10. The monoisotopic (exact) mass is 393 g/mol. The largest absolute Gasteiger partial charge is 0.433 e. The van der Waals surface area contributed by atoms with Gasteiger partial charge in [-0.3, -0.25) is 4.79 Å². The Bertz CT molecular complexity index is 917. The van der Waals surface area contributed by atoms with Crippen LogP contribution in [0.2, 0.25) is 5.15 Å². The maximum absolute atomic E-state index is 12.5. The Morgan fingerprint density at radius 2 is 1.92 bits per heavy atom. The van der Waals surface area contributed by atoms with E-state index in [9.17, 15) is 26.4 Å². The van der Waals surface area contributed by atoms with Gasteiger partial charge in [0, 0.05) is 6.54 Å². The van der Waals surface area contributed by atoms with Crippen LogP contribution < -0.4 is 10.5 Å². The molecule has 25 heavy (non-hydrogen) atoms. The van der Waals surface area contributed by atoms with Crippen molar-refractivity contribution in [3.63, 3.8) is 0 Å². The number of pyridine rings is 1. The number of nitrogens with one attached hydrogen (secondary N) is 1. The van der Waals surface area contributed by atoms with Crippen molar-refractivity contribution < 1.29 is 26.4 Å². The molecule has 11 heteroatoms. The highest BCUT2D eigenvalue weighted by Gasteiger charge is 2.33. The van der Waals surface area contributed by atoms with E-state index < -0.39 is 33.0 Å². The summed E-state index contributed by atoms with van der Waals surface area (Å²) in [6.45, 7) is -0.0838. The van der Waals surface area contributed by atoms with Gasteiger partial charge >= 0.3 is 6.18 Å². The Morgan fingerprint density at radius 3 is 2.48 bits per heavy atom. The summed E-state index contributed by atoms with van der Waals surface area (Å²) < 4.78 is 60.1. The van der Waals surface area contributed by atoms with Crippen LogP contribution in [0, 0.1) is 0 Å². The minimum Gasteiger partial charge on any atom is -0.348 e.